The van der Waals surface area contributed by atoms with Crippen LogP contribution in [0.1, 0.15) is 11.1 Å². The van der Waals surface area contributed by atoms with E-state index in [4.69, 9.17) is 38.9 Å². The molecule has 0 saturated heterocycles. The van der Waals surface area contributed by atoms with Crippen molar-refractivity contribution in [3.63, 3.8) is 0 Å². The van der Waals surface area contributed by atoms with Crippen molar-refractivity contribution >= 4 is 12.3 Å². The first-order valence-electron chi connectivity index (χ1n) is 13.6. The second-order valence-electron chi connectivity index (χ2n) is 9.05. The van der Waals surface area contributed by atoms with Gasteiger partial charge in [0.2, 0.25) is 0 Å². The summed E-state index contributed by atoms with van der Waals surface area (Å²) in [6.45, 7) is 0.833. The molecule has 10 heteroatoms. The molecule has 0 aromatic heterocycles. The Hall–Kier alpha value is -5.68. The van der Waals surface area contributed by atoms with Crippen LogP contribution in [0.3, 0.4) is 0 Å². The van der Waals surface area contributed by atoms with E-state index in [1.54, 1.807) is 72.8 Å². The van der Waals surface area contributed by atoms with Gasteiger partial charge in [0, 0.05) is 0 Å². The van der Waals surface area contributed by atoms with Gasteiger partial charge in [-0.1, -0.05) is 48.5 Å². The molecule has 0 spiro atoms. The van der Waals surface area contributed by atoms with E-state index in [1.165, 1.54) is 0 Å². The van der Waals surface area contributed by atoms with E-state index in [0.717, 1.165) is 22.3 Å². The van der Waals surface area contributed by atoms with Crippen molar-refractivity contribution in [2.75, 3.05) is 39.6 Å². The molecule has 0 N–H and O–H groups in total. The lowest BCUT2D eigenvalue weighted by molar-refractivity contribution is 0.00679. The third kappa shape index (κ3) is 10.00. The third-order valence-electron chi connectivity index (χ3n) is 6.07. The Morgan fingerprint density at radius 3 is 1.07 bits per heavy atom. The first-order chi connectivity index (χ1) is 21.5. The highest BCUT2D eigenvalue weighted by Gasteiger charge is 2.08. The second kappa shape index (κ2) is 16.7. The van der Waals surface area contributed by atoms with Crippen molar-refractivity contribution < 1.29 is 38.0 Å². The Morgan fingerprint density at radius 2 is 0.750 bits per heavy atom. The summed E-state index contributed by atoms with van der Waals surface area (Å²) >= 11 is 0. The Kier molecular flexibility index (Phi) is 11.9. The van der Waals surface area contributed by atoms with Crippen LogP contribution in [-0.4, -0.2) is 52.0 Å². The van der Waals surface area contributed by atoms with Crippen LogP contribution in [0.4, 0.5) is 9.59 Å². The summed E-state index contributed by atoms with van der Waals surface area (Å²) in [7, 11) is 0. The fourth-order valence-electron chi connectivity index (χ4n) is 3.85. The average Bonchev–Trinajstić information content (AvgIpc) is 3.06. The maximum Gasteiger partial charge on any atom is 0.513 e. The lowest BCUT2D eigenvalue weighted by atomic mass is 10.0. The summed E-state index contributed by atoms with van der Waals surface area (Å²) in [5.74, 6) is 0.677. The topological polar surface area (TPSA) is 137 Å². The smallest absolute Gasteiger partial charge is 0.432 e. The molecule has 0 heterocycles. The molecule has 4 aromatic rings. The standard InChI is InChI=1S/C34H28N2O8/c35-23-25-1-5-27(6-2-25)29-9-13-31(14-10-29)43-33(37)41-21-19-39-17-18-40-20-22-42-34(38)44-32-15-11-30(12-16-32)28-7-3-26(24-36)4-8-28/h1-16H,17-22H2. The highest BCUT2D eigenvalue weighted by molar-refractivity contribution is 5.68. The van der Waals surface area contributed by atoms with Gasteiger partial charge < -0.3 is 28.4 Å². The molecule has 0 amide bonds. The van der Waals surface area contributed by atoms with Gasteiger partial charge in [0.1, 0.15) is 24.7 Å². The van der Waals surface area contributed by atoms with Gasteiger partial charge in [-0.05, 0) is 70.8 Å². The highest BCUT2D eigenvalue weighted by Crippen LogP contribution is 2.24. The molecule has 10 nitrogen and oxygen atoms in total. The number of benzene rings is 4. The van der Waals surface area contributed by atoms with Crippen LogP contribution in [0, 0.1) is 22.7 Å². The van der Waals surface area contributed by atoms with Crippen molar-refractivity contribution in [2.24, 2.45) is 0 Å². The van der Waals surface area contributed by atoms with Crippen LogP contribution in [-0.2, 0) is 18.9 Å². The Labute approximate surface area is 254 Å². The summed E-state index contributed by atoms with van der Waals surface area (Å²) < 4.78 is 31.0. The molecule has 0 bridgehead atoms. The molecule has 4 aromatic carbocycles. The van der Waals surface area contributed by atoms with Crippen LogP contribution < -0.4 is 9.47 Å². The van der Waals surface area contributed by atoms with E-state index in [2.05, 4.69) is 12.1 Å². The van der Waals surface area contributed by atoms with Crippen molar-refractivity contribution in [1.82, 2.24) is 0 Å². The highest BCUT2D eigenvalue weighted by atomic mass is 16.7. The predicted molar refractivity (Wildman–Crippen MR) is 159 cm³/mol. The zero-order chi connectivity index (χ0) is 31.0. The third-order valence-corrected chi connectivity index (χ3v) is 6.07. The lowest BCUT2D eigenvalue weighted by Crippen LogP contribution is -2.17. The van der Waals surface area contributed by atoms with Gasteiger partial charge >= 0.3 is 12.3 Å². The summed E-state index contributed by atoms with van der Waals surface area (Å²) in [5.41, 5.74) is 4.88. The fourth-order valence-corrected chi connectivity index (χ4v) is 3.85. The second-order valence-corrected chi connectivity index (χ2v) is 9.05. The van der Waals surface area contributed by atoms with E-state index in [9.17, 15) is 9.59 Å². The van der Waals surface area contributed by atoms with Crippen LogP contribution in [0.5, 0.6) is 11.5 Å². The van der Waals surface area contributed by atoms with Gasteiger partial charge in [0.05, 0.1) is 49.7 Å². The number of rotatable bonds is 13. The Bertz CT molecular complexity index is 1470. The van der Waals surface area contributed by atoms with E-state index in [0.29, 0.717) is 22.6 Å². The van der Waals surface area contributed by atoms with Gasteiger partial charge in [0.25, 0.3) is 0 Å². The molecule has 0 saturated carbocycles. The summed E-state index contributed by atoms with van der Waals surface area (Å²) in [4.78, 5) is 23.8. The van der Waals surface area contributed by atoms with Gasteiger partial charge in [0.15, 0.2) is 0 Å². The number of nitrogens with zero attached hydrogens (tertiary/aromatic N) is 2. The summed E-state index contributed by atoms with van der Waals surface area (Å²) in [6.07, 6.45) is -1.69. The molecule has 0 aliphatic rings. The van der Waals surface area contributed by atoms with E-state index < -0.39 is 12.3 Å². The normalized spacial score (nSPS) is 10.2. The number of carbonyl (C=O) groups is 2. The predicted octanol–water partition coefficient (Wildman–Crippen LogP) is 6.53. The van der Waals surface area contributed by atoms with Crippen LogP contribution in [0.25, 0.3) is 22.3 Å². The fraction of sp³-hybridized carbons (Fsp3) is 0.176. The molecule has 0 radical (unpaired) electrons. The molecule has 222 valence electrons. The Morgan fingerprint density at radius 1 is 0.455 bits per heavy atom. The molecule has 0 unspecified atom stereocenters. The molecular weight excluding hydrogens is 564 g/mol. The molecule has 4 rings (SSSR count). The van der Waals surface area contributed by atoms with Crippen molar-refractivity contribution in [1.29, 1.82) is 10.5 Å². The maximum absolute atomic E-state index is 11.9. The SMILES string of the molecule is N#Cc1ccc(-c2ccc(OC(=O)OCCOCCOCCOC(=O)Oc3ccc(-c4ccc(C#N)cc4)cc3)cc2)cc1. The molecule has 0 atom stereocenters. The van der Waals surface area contributed by atoms with E-state index in [1.807, 2.05) is 24.3 Å². The molecule has 0 fully saturated rings. The minimum absolute atomic E-state index is 0.00552. The van der Waals surface area contributed by atoms with Crippen LogP contribution in [0.2, 0.25) is 0 Å². The molecule has 0 aliphatic carbocycles. The van der Waals surface area contributed by atoms with E-state index >= 15 is 0 Å². The number of carbonyl (C=O) groups excluding carboxylic acids is 2. The van der Waals surface area contributed by atoms with Crippen molar-refractivity contribution in [2.45, 2.75) is 0 Å². The quantitative estimate of drug-likeness (QED) is 0.0957. The number of hydrogen-bond acceptors (Lipinski definition) is 10. The van der Waals surface area contributed by atoms with Crippen molar-refractivity contribution in [3.8, 4) is 45.9 Å². The molecule has 0 aliphatic heterocycles. The van der Waals surface area contributed by atoms with E-state index in [-0.39, 0.29) is 39.6 Å². The number of nitriles is 2. The number of hydrogen-bond donors (Lipinski definition) is 0. The number of ether oxygens (including phenoxy) is 6. The Balaban J connectivity index is 1.00. The first kappa shape index (κ1) is 31.3. The average molecular weight is 593 g/mol. The maximum atomic E-state index is 11.9. The summed E-state index contributed by atoms with van der Waals surface area (Å²) in [6, 6.07) is 32.4. The zero-order valence-corrected chi connectivity index (χ0v) is 23.6. The minimum atomic E-state index is -0.845. The molecule has 44 heavy (non-hydrogen) atoms. The minimum Gasteiger partial charge on any atom is -0.432 e. The zero-order valence-electron chi connectivity index (χ0n) is 23.6. The van der Waals surface area contributed by atoms with Crippen molar-refractivity contribution in [3.05, 3.63) is 108 Å². The van der Waals surface area contributed by atoms with Gasteiger partial charge in [-0.25, -0.2) is 9.59 Å². The summed E-state index contributed by atoms with van der Waals surface area (Å²) in [5, 5.41) is 17.8. The monoisotopic (exact) mass is 592 g/mol. The molecular formula is C34H28N2O8. The van der Waals surface area contributed by atoms with Crippen LogP contribution in [0.15, 0.2) is 97.1 Å². The first-order valence-corrected chi connectivity index (χ1v) is 13.6. The van der Waals surface area contributed by atoms with Gasteiger partial charge in [-0.15, -0.1) is 0 Å². The lowest BCUT2D eigenvalue weighted by Gasteiger charge is -2.09. The van der Waals surface area contributed by atoms with Gasteiger partial charge in [-0.3, -0.25) is 0 Å². The van der Waals surface area contributed by atoms with Crippen LogP contribution >= 0.6 is 0 Å². The largest absolute Gasteiger partial charge is 0.513 e. The van der Waals surface area contributed by atoms with Gasteiger partial charge in [-0.2, -0.15) is 10.5 Å².